The largest absolute Gasteiger partial charge is 0.489 e. The van der Waals surface area contributed by atoms with Gasteiger partial charge < -0.3 is 15.6 Å². The minimum absolute atomic E-state index is 0.0513. The van der Waals surface area contributed by atoms with Crippen molar-refractivity contribution in [1.29, 1.82) is 0 Å². The van der Waals surface area contributed by atoms with Crippen LogP contribution in [0.15, 0.2) is 18.2 Å². The molecule has 0 saturated heterocycles. The van der Waals surface area contributed by atoms with Crippen LogP contribution in [-0.2, 0) is 0 Å². The van der Waals surface area contributed by atoms with Crippen molar-refractivity contribution in [2.75, 3.05) is 18.9 Å². The number of aliphatic hydroxyl groups excluding tert-OH is 1. The third-order valence-electron chi connectivity index (χ3n) is 2.00. The van der Waals surface area contributed by atoms with Crippen LogP contribution in [0.3, 0.4) is 0 Å². The molecule has 0 unspecified atom stereocenters. The summed E-state index contributed by atoms with van der Waals surface area (Å²) in [7, 11) is 0. The number of Topliss-reactive ketones (excluding diaryl/α,β-unsaturated/α-hetero) is 1. The normalized spacial score (nSPS) is 10.0. The second kappa shape index (κ2) is 5.36. The van der Waals surface area contributed by atoms with Gasteiger partial charge in [-0.25, -0.2) is 0 Å². The van der Waals surface area contributed by atoms with Crippen molar-refractivity contribution < 1.29 is 14.6 Å². The van der Waals surface area contributed by atoms with Gasteiger partial charge in [-0.05, 0) is 18.2 Å². The molecule has 4 nitrogen and oxygen atoms in total. The summed E-state index contributed by atoms with van der Waals surface area (Å²) in [6.45, 7) is 1.94. The molecule has 1 aromatic rings. The van der Waals surface area contributed by atoms with Crippen LogP contribution < -0.4 is 10.5 Å². The summed E-state index contributed by atoms with van der Waals surface area (Å²) in [6.07, 6.45) is 0.455. The van der Waals surface area contributed by atoms with Crippen molar-refractivity contribution in [3.05, 3.63) is 23.8 Å². The van der Waals surface area contributed by atoms with Crippen LogP contribution >= 0.6 is 0 Å². The van der Waals surface area contributed by atoms with Gasteiger partial charge in [-0.15, -0.1) is 0 Å². The van der Waals surface area contributed by atoms with E-state index in [2.05, 4.69) is 0 Å². The summed E-state index contributed by atoms with van der Waals surface area (Å²) in [5, 5.41) is 8.58. The molecule has 0 aliphatic rings. The first kappa shape index (κ1) is 11.5. The van der Waals surface area contributed by atoms with E-state index in [1.807, 2.05) is 0 Å². The Morgan fingerprint density at radius 1 is 1.53 bits per heavy atom. The number of benzene rings is 1. The maximum atomic E-state index is 11.4. The van der Waals surface area contributed by atoms with E-state index in [0.717, 1.165) is 0 Å². The number of ether oxygens (including phenoxy) is 1. The minimum Gasteiger partial charge on any atom is -0.489 e. The third kappa shape index (κ3) is 2.95. The van der Waals surface area contributed by atoms with E-state index in [-0.39, 0.29) is 19.0 Å². The summed E-state index contributed by atoms with van der Waals surface area (Å²) in [6, 6.07) is 4.92. The fourth-order valence-corrected chi connectivity index (χ4v) is 1.21. The van der Waals surface area contributed by atoms with Crippen molar-refractivity contribution in [2.24, 2.45) is 0 Å². The molecular weight excluding hydrogens is 194 g/mol. The number of nitrogen functional groups attached to an aromatic ring is 1. The number of aliphatic hydroxyl groups is 1. The maximum absolute atomic E-state index is 11.4. The Bertz CT molecular complexity index is 350. The van der Waals surface area contributed by atoms with E-state index in [9.17, 15) is 4.79 Å². The molecule has 0 aliphatic heterocycles. The molecule has 1 rings (SSSR count). The molecule has 0 saturated carbocycles. The van der Waals surface area contributed by atoms with Gasteiger partial charge >= 0.3 is 0 Å². The molecule has 0 aliphatic carbocycles. The zero-order valence-electron chi connectivity index (χ0n) is 8.69. The van der Waals surface area contributed by atoms with Crippen molar-refractivity contribution in [3.63, 3.8) is 0 Å². The zero-order valence-corrected chi connectivity index (χ0v) is 8.69. The summed E-state index contributed by atoms with van der Waals surface area (Å²) in [5.74, 6) is 0.548. The van der Waals surface area contributed by atoms with Crippen LogP contribution in [0.4, 0.5) is 5.69 Å². The highest BCUT2D eigenvalue weighted by Gasteiger charge is 2.06. The lowest BCUT2D eigenvalue weighted by molar-refractivity contribution is 0.0988. The van der Waals surface area contributed by atoms with Crippen LogP contribution in [0.5, 0.6) is 5.75 Å². The molecule has 0 bridgehead atoms. The van der Waals surface area contributed by atoms with Crippen LogP contribution in [-0.4, -0.2) is 24.1 Å². The molecule has 3 N–H and O–H groups in total. The highest BCUT2D eigenvalue weighted by atomic mass is 16.5. The highest BCUT2D eigenvalue weighted by molar-refractivity contribution is 5.97. The smallest absolute Gasteiger partial charge is 0.162 e. The number of carbonyl (C=O) groups excluding carboxylic acids is 1. The Balaban J connectivity index is 2.83. The van der Waals surface area contributed by atoms with E-state index in [1.165, 1.54) is 0 Å². The second-order valence-electron chi connectivity index (χ2n) is 3.10. The van der Waals surface area contributed by atoms with Crippen molar-refractivity contribution in [1.82, 2.24) is 0 Å². The molecule has 0 heterocycles. The molecule has 1 aromatic carbocycles. The summed E-state index contributed by atoms with van der Waals surface area (Å²) >= 11 is 0. The zero-order chi connectivity index (χ0) is 11.3. The van der Waals surface area contributed by atoms with Crippen molar-refractivity contribution in [2.45, 2.75) is 13.3 Å². The minimum atomic E-state index is -0.0604. The van der Waals surface area contributed by atoms with Gasteiger partial charge in [0, 0.05) is 12.0 Å². The summed E-state index contributed by atoms with van der Waals surface area (Å²) in [4.78, 5) is 11.4. The van der Waals surface area contributed by atoms with E-state index < -0.39 is 0 Å². The maximum Gasteiger partial charge on any atom is 0.162 e. The van der Waals surface area contributed by atoms with Gasteiger partial charge in [-0.3, -0.25) is 4.79 Å². The fourth-order valence-electron chi connectivity index (χ4n) is 1.21. The predicted octanol–water partition coefficient (Wildman–Crippen LogP) is 1.23. The Kier molecular flexibility index (Phi) is 4.12. The molecule has 82 valence electrons. The van der Waals surface area contributed by atoms with Crippen LogP contribution in [0.1, 0.15) is 23.7 Å². The first-order chi connectivity index (χ1) is 7.19. The number of nitrogens with two attached hydrogens (primary N) is 1. The monoisotopic (exact) mass is 209 g/mol. The Hall–Kier alpha value is -1.55. The molecule has 0 fully saturated rings. The number of hydrogen-bond donors (Lipinski definition) is 2. The first-order valence-electron chi connectivity index (χ1n) is 4.85. The van der Waals surface area contributed by atoms with Crippen molar-refractivity contribution >= 4 is 11.5 Å². The van der Waals surface area contributed by atoms with E-state index >= 15 is 0 Å². The van der Waals surface area contributed by atoms with Gasteiger partial charge in [0.15, 0.2) is 5.78 Å². The number of carbonyl (C=O) groups is 1. The summed E-state index contributed by atoms with van der Waals surface area (Å²) < 4.78 is 5.17. The van der Waals surface area contributed by atoms with Gasteiger partial charge in [0.25, 0.3) is 0 Å². The Morgan fingerprint density at radius 2 is 2.27 bits per heavy atom. The van der Waals surface area contributed by atoms with Crippen LogP contribution in [0.25, 0.3) is 0 Å². The fraction of sp³-hybridized carbons (Fsp3) is 0.364. The molecule has 4 heteroatoms. The van der Waals surface area contributed by atoms with Gasteiger partial charge in [0.1, 0.15) is 12.4 Å². The third-order valence-corrected chi connectivity index (χ3v) is 2.00. The van der Waals surface area contributed by atoms with Gasteiger partial charge in [-0.2, -0.15) is 0 Å². The van der Waals surface area contributed by atoms with Crippen LogP contribution in [0.2, 0.25) is 0 Å². The molecule has 15 heavy (non-hydrogen) atoms. The Morgan fingerprint density at radius 3 is 2.80 bits per heavy atom. The lowest BCUT2D eigenvalue weighted by Crippen LogP contribution is -2.05. The molecule has 0 aromatic heterocycles. The highest BCUT2D eigenvalue weighted by Crippen LogP contribution is 2.22. The lowest BCUT2D eigenvalue weighted by atomic mass is 10.1. The number of ketones is 1. The van der Waals surface area contributed by atoms with Gasteiger partial charge in [0.05, 0.1) is 12.3 Å². The molecular formula is C11H15NO3. The topological polar surface area (TPSA) is 72.5 Å². The first-order valence-corrected chi connectivity index (χ1v) is 4.85. The van der Waals surface area contributed by atoms with Gasteiger partial charge in [-0.1, -0.05) is 6.92 Å². The number of hydrogen-bond acceptors (Lipinski definition) is 4. The van der Waals surface area contributed by atoms with E-state index in [1.54, 1.807) is 25.1 Å². The Labute approximate surface area is 88.7 Å². The second-order valence-corrected chi connectivity index (χ2v) is 3.10. The average molecular weight is 209 g/mol. The number of anilines is 1. The average Bonchev–Trinajstić information content (AvgIpc) is 2.26. The molecule has 0 amide bonds. The van der Waals surface area contributed by atoms with E-state index in [0.29, 0.717) is 23.4 Å². The molecule has 0 atom stereocenters. The van der Waals surface area contributed by atoms with Crippen LogP contribution in [0, 0.1) is 0 Å². The molecule has 0 radical (unpaired) electrons. The quantitative estimate of drug-likeness (QED) is 0.565. The molecule has 0 spiro atoms. The number of rotatable bonds is 5. The van der Waals surface area contributed by atoms with E-state index in [4.69, 9.17) is 15.6 Å². The lowest BCUT2D eigenvalue weighted by Gasteiger charge is -2.08. The van der Waals surface area contributed by atoms with Crippen molar-refractivity contribution in [3.8, 4) is 5.75 Å². The SMILES string of the molecule is CCC(=O)c1ccc(OCCO)c(N)c1. The van der Waals surface area contributed by atoms with Gasteiger partial charge in [0.2, 0.25) is 0 Å². The standard InChI is InChI=1S/C11H15NO3/c1-2-10(14)8-3-4-11(9(12)7-8)15-6-5-13/h3-4,7,13H,2,5-6,12H2,1H3. The summed E-state index contributed by atoms with van der Waals surface area (Å²) in [5.41, 5.74) is 6.70. The predicted molar refractivity (Wildman–Crippen MR) is 58.1 cm³/mol.